The smallest absolute Gasteiger partial charge is 0.219 e. The summed E-state index contributed by atoms with van der Waals surface area (Å²) in [6, 6.07) is 7.67. The van der Waals surface area contributed by atoms with Crippen LogP contribution in [-0.4, -0.2) is 52.9 Å². The summed E-state index contributed by atoms with van der Waals surface area (Å²) in [6.07, 6.45) is 2.20. The van der Waals surface area contributed by atoms with E-state index in [2.05, 4.69) is 13.8 Å². The molecule has 36 heavy (non-hydrogen) atoms. The fourth-order valence-electron chi connectivity index (χ4n) is 5.24. The van der Waals surface area contributed by atoms with Crippen molar-refractivity contribution in [2.75, 3.05) is 13.1 Å². The fraction of sp³-hybridized carbons (Fsp3) is 0.586. The Morgan fingerprint density at radius 1 is 1.19 bits per heavy atom. The molecule has 7 heteroatoms. The van der Waals surface area contributed by atoms with Crippen LogP contribution < -0.4 is 5.46 Å². The van der Waals surface area contributed by atoms with Crippen LogP contribution in [0.1, 0.15) is 82.0 Å². The third-order valence-electron chi connectivity index (χ3n) is 7.61. The molecule has 1 amide bonds. The second-order valence-electron chi connectivity index (χ2n) is 10.8. The number of benzene rings is 1. The van der Waals surface area contributed by atoms with E-state index in [0.29, 0.717) is 43.6 Å². The maximum atomic E-state index is 13.8. The minimum atomic E-state index is -0.308. The van der Waals surface area contributed by atoms with E-state index in [1.165, 1.54) is 0 Å². The lowest BCUT2D eigenvalue weighted by atomic mass is 9.78. The van der Waals surface area contributed by atoms with E-state index in [1.54, 1.807) is 6.92 Å². The van der Waals surface area contributed by atoms with Crippen molar-refractivity contribution in [3.63, 3.8) is 0 Å². The number of rotatable bonds is 8. The van der Waals surface area contributed by atoms with E-state index < -0.39 is 0 Å². The highest BCUT2D eigenvalue weighted by atomic mass is 16.2. The number of imidazole rings is 1. The van der Waals surface area contributed by atoms with Crippen molar-refractivity contribution >= 4 is 30.8 Å². The quantitative estimate of drug-likeness (QED) is 0.530. The van der Waals surface area contributed by atoms with Crippen LogP contribution >= 0.6 is 0 Å². The third kappa shape index (κ3) is 6.35. The summed E-state index contributed by atoms with van der Waals surface area (Å²) >= 11 is 0. The number of amides is 1. The minimum absolute atomic E-state index is 0.0296. The topological polar surface area (TPSA) is 72.3 Å². The van der Waals surface area contributed by atoms with E-state index in [4.69, 9.17) is 12.8 Å². The first-order valence-electron chi connectivity index (χ1n) is 13.3. The number of hydrogen-bond donors (Lipinski definition) is 0. The molecular weight excluding hydrogens is 449 g/mol. The lowest BCUT2D eigenvalue weighted by molar-refractivity contribution is -0.129. The van der Waals surface area contributed by atoms with Gasteiger partial charge in [0.2, 0.25) is 5.91 Å². The van der Waals surface area contributed by atoms with Crippen molar-refractivity contribution in [3.8, 4) is 0 Å². The molecule has 0 N–H and O–H groups in total. The number of hydrogen-bond acceptors (Lipinski definition) is 4. The second-order valence-corrected chi connectivity index (χ2v) is 10.8. The van der Waals surface area contributed by atoms with E-state index >= 15 is 0 Å². The highest BCUT2D eigenvalue weighted by molar-refractivity contribution is 6.32. The molecule has 0 bridgehead atoms. The molecule has 0 spiro atoms. The molecule has 6 nitrogen and oxygen atoms in total. The summed E-state index contributed by atoms with van der Waals surface area (Å²) in [7, 11) is 6.05. The predicted molar refractivity (Wildman–Crippen MR) is 144 cm³/mol. The average Bonchev–Trinajstić information content (AvgIpc) is 3.15. The van der Waals surface area contributed by atoms with Crippen LogP contribution in [0.2, 0.25) is 0 Å². The molecule has 0 saturated heterocycles. The van der Waals surface area contributed by atoms with Gasteiger partial charge in [-0.2, -0.15) is 0 Å². The number of nitrogens with zero attached hydrogens (tertiary/aromatic N) is 3. The van der Waals surface area contributed by atoms with Crippen LogP contribution in [0.3, 0.4) is 0 Å². The minimum Gasteiger partial charge on any atom is -0.343 e. The lowest BCUT2D eigenvalue weighted by Gasteiger charge is -2.24. The molecular formula is C29H40BN3O3. The van der Waals surface area contributed by atoms with Gasteiger partial charge < -0.3 is 9.47 Å². The Balaban J connectivity index is 2.10. The first-order valence-corrected chi connectivity index (χ1v) is 13.3. The number of aromatic nitrogens is 2. The third-order valence-corrected chi connectivity index (χ3v) is 7.61. The molecule has 1 heterocycles. The molecule has 1 aromatic carbocycles. The fourth-order valence-corrected chi connectivity index (χ4v) is 5.24. The van der Waals surface area contributed by atoms with Gasteiger partial charge in [-0.1, -0.05) is 64.3 Å². The van der Waals surface area contributed by atoms with Crippen LogP contribution in [0.4, 0.5) is 0 Å². The van der Waals surface area contributed by atoms with Gasteiger partial charge in [-0.3, -0.25) is 14.4 Å². The molecule has 3 rings (SSSR count). The summed E-state index contributed by atoms with van der Waals surface area (Å²) < 4.78 is 2.02. The van der Waals surface area contributed by atoms with Crippen molar-refractivity contribution in [1.29, 1.82) is 0 Å². The Kier molecular flexibility index (Phi) is 9.32. The molecule has 192 valence electrons. The van der Waals surface area contributed by atoms with Crippen molar-refractivity contribution < 1.29 is 14.4 Å². The van der Waals surface area contributed by atoms with Gasteiger partial charge in [-0.25, -0.2) is 4.98 Å². The largest absolute Gasteiger partial charge is 0.343 e. The molecule has 0 saturated carbocycles. The van der Waals surface area contributed by atoms with Crippen LogP contribution in [0.25, 0.3) is 0 Å². The number of carbonyl (C=O) groups excluding carboxylic acids is 3. The van der Waals surface area contributed by atoms with E-state index in [-0.39, 0.29) is 47.6 Å². The van der Waals surface area contributed by atoms with Gasteiger partial charge in [0.15, 0.2) is 5.78 Å². The number of carbonyl (C=O) groups is 3. The Hall–Kier alpha value is -2.70. The molecule has 1 aliphatic rings. The SMILES string of the molecule is [B]c1cccc(Cn2c(CCN(CCC)C(C)=O)nc3c2C(=O)CC(C(C)C)C(=O)C(C)C(C)C3)c1. The Labute approximate surface area is 217 Å². The van der Waals surface area contributed by atoms with Crippen molar-refractivity contribution in [1.82, 2.24) is 14.5 Å². The molecule has 1 aromatic heterocycles. The van der Waals surface area contributed by atoms with Gasteiger partial charge >= 0.3 is 0 Å². The summed E-state index contributed by atoms with van der Waals surface area (Å²) in [5, 5.41) is 0. The molecule has 1 aliphatic carbocycles. The Morgan fingerprint density at radius 3 is 2.53 bits per heavy atom. The van der Waals surface area contributed by atoms with Gasteiger partial charge in [-0.05, 0) is 30.2 Å². The molecule has 3 unspecified atom stereocenters. The van der Waals surface area contributed by atoms with Gasteiger partial charge in [0.1, 0.15) is 25.1 Å². The maximum absolute atomic E-state index is 13.8. The van der Waals surface area contributed by atoms with E-state index in [1.807, 2.05) is 54.5 Å². The lowest BCUT2D eigenvalue weighted by Crippen LogP contribution is -2.32. The normalized spacial score (nSPS) is 20.6. The molecule has 0 fully saturated rings. The standard InChI is InChI=1S/C29H40BN3O3/c1-7-12-32(21(6)34)13-11-27-31-25-14-19(4)20(5)29(36)24(18(2)3)16-26(35)28(25)33(27)17-22-9-8-10-23(30)15-22/h8-10,15,18-20,24H,7,11-14,16-17H2,1-6H3. The van der Waals surface area contributed by atoms with Crippen LogP contribution in [0.5, 0.6) is 0 Å². The van der Waals surface area contributed by atoms with Crippen molar-refractivity contribution in [2.24, 2.45) is 23.7 Å². The summed E-state index contributed by atoms with van der Waals surface area (Å²) in [6.45, 7) is 13.4. The maximum Gasteiger partial charge on any atom is 0.219 e. The Bertz CT molecular complexity index is 1110. The molecule has 0 aliphatic heterocycles. The summed E-state index contributed by atoms with van der Waals surface area (Å²) in [5.74, 6) is 0.687. The van der Waals surface area contributed by atoms with Gasteiger partial charge in [0.05, 0.1) is 5.69 Å². The van der Waals surface area contributed by atoms with Crippen LogP contribution in [0, 0.1) is 23.7 Å². The second kappa shape index (κ2) is 12.0. The van der Waals surface area contributed by atoms with Crippen molar-refractivity contribution in [3.05, 3.63) is 47.0 Å². The summed E-state index contributed by atoms with van der Waals surface area (Å²) in [5.41, 5.74) is 3.02. The summed E-state index contributed by atoms with van der Waals surface area (Å²) in [4.78, 5) is 46.1. The number of Topliss-reactive ketones (excluding diaryl/α,β-unsaturated/α-hetero) is 2. The van der Waals surface area contributed by atoms with Crippen LogP contribution in [-0.2, 0) is 29.0 Å². The average molecular weight is 489 g/mol. The number of fused-ring (bicyclic) bond motifs is 1. The Morgan fingerprint density at radius 2 is 1.92 bits per heavy atom. The van der Waals surface area contributed by atoms with Gasteiger partial charge in [0.25, 0.3) is 0 Å². The first-order chi connectivity index (χ1) is 17.0. The molecule has 2 radical (unpaired) electrons. The zero-order valence-corrected chi connectivity index (χ0v) is 22.7. The number of ketones is 2. The first kappa shape index (κ1) is 27.9. The highest BCUT2D eigenvalue weighted by Gasteiger charge is 2.36. The van der Waals surface area contributed by atoms with E-state index in [0.717, 1.165) is 23.5 Å². The monoisotopic (exact) mass is 489 g/mol. The van der Waals surface area contributed by atoms with Gasteiger partial charge in [-0.15, -0.1) is 0 Å². The molecule has 2 aromatic rings. The van der Waals surface area contributed by atoms with Gasteiger partial charge in [0, 0.05) is 51.2 Å². The highest BCUT2D eigenvalue weighted by Crippen LogP contribution is 2.32. The van der Waals surface area contributed by atoms with Crippen LogP contribution in [0.15, 0.2) is 24.3 Å². The predicted octanol–water partition coefficient (Wildman–Crippen LogP) is 3.77. The zero-order chi connectivity index (χ0) is 26.6. The van der Waals surface area contributed by atoms with Crippen molar-refractivity contribution in [2.45, 2.75) is 73.8 Å². The zero-order valence-electron chi connectivity index (χ0n) is 22.7. The molecule has 3 atom stereocenters. The van der Waals surface area contributed by atoms with E-state index in [9.17, 15) is 14.4 Å².